The van der Waals surface area contributed by atoms with E-state index >= 15 is 0 Å². The van der Waals surface area contributed by atoms with E-state index in [-0.39, 0.29) is 0 Å². The third-order valence-electron chi connectivity index (χ3n) is 0.699. The monoisotopic (exact) mass is 131 g/mol. The average molecular weight is 131 g/mol. The quantitative estimate of drug-likeness (QED) is 0.418. The van der Waals surface area contributed by atoms with Gasteiger partial charge in [-0.15, -0.1) is 0 Å². The van der Waals surface area contributed by atoms with E-state index in [1.165, 1.54) is 0 Å². The van der Waals surface area contributed by atoms with Gasteiger partial charge in [0.2, 0.25) is 0 Å². The van der Waals surface area contributed by atoms with Crippen LogP contribution in [-0.4, -0.2) is 18.9 Å². The lowest BCUT2D eigenvalue weighted by atomic mass is 10.7. The van der Waals surface area contributed by atoms with Crippen LogP contribution in [0.15, 0.2) is 0 Å². The first-order chi connectivity index (χ1) is 4.16. The molecule has 3 nitrogen and oxygen atoms in total. The minimum atomic E-state index is -0.559. The number of hydrogen-bond donors (Lipinski definition) is 0. The van der Waals surface area contributed by atoms with Gasteiger partial charge >= 0.3 is 5.97 Å². The van der Waals surface area contributed by atoms with Crippen LogP contribution in [-0.2, 0) is 14.3 Å². The van der Waals surface area contributed by atoms with Crippen molar-refractivity contribution in [2.45, 2.75) is 20.1 Å². The smallest absolute Gasteiger partial charge is 0.308 e. The number of hydrogen-bond acceptors (Lipinski definition) is 3. The van der Waals surface area contributed by atoms with Gasteiger partial charge in [-0.25, -0.2) is 0 Å². The van der Waals surface area contributed by atoms with Gasteiger partial charge in [0.05, 0.1) is 6.92 Å². The number of carbonyl (C=O) groups is 1. The molecule has 0 saturated heterocycles. The van der Waals surface area contributed by atoms with Crippen molar-refractivity contribution in [3.05, 3.63) is 6.92 Å². The first-order valence-electron chi connectivity index (χ1n) is 2.81. The second-order valence-corrected chi connectivity index (χ2v) is 1.51. The van der Waals surface area contributed by atoms with E-state index in [0.717, 1.165) is 0 Å². The zero-order valence-corrected chi connectivity index (χ0v) is 5.72. The molecule has 0 aromatic rings. The molecule has 0 aliphatic rings. The van der Waals surface area contributed by atoms with Crippen LogP contribution in [0.25, 0.3) is 0 Å². The van der Waals surface area contributed by atoms with Crippen LogP contribution in [0.1, 0.15) is 13.8 Å². The summed E-state index contributed by atoms with van der Waals surface area (Å²) >= 11 is 0. The number of ether oxygens (including phenoxy) is 2. The summed E-state index contributed by atoms with van der Waals surface area (Å²) in [4.78, 5) is 10.1. The summed E-state index contributed by atoms with van der Waals surface area (Å²) in [5.41, 5.74) is 0. The lowest BCUT2D eigenvalue weighted by Gasteiger charge is -2.09. The molecule has 1 atom stereocenters. The Kier molecular flexibility index (Phi) is 4.05. The second kappa shape index (κ2) is 4.32. The molecule has 0 fully saturated rings. The molecule has 3 heteroatoms. The van der Waals surface area contributed by atoms with E-state index in [9.17, 15) is 4.79 Å². The maximum absolute atomic E-state index is 10.1. The SMILES string of the molecule is [CH2]C(=O)OC(C)OCC. The van der Waals surface area contributed by atoms with Gasteiger partial charge in [0.1, 0.15) is 0 Å². The average Bonchev–Trinajstić information content (AvgIpc) is 1.63. The van der Waals surface area contributed by atoms with Crippen molar-refractivity contribution >= 4 is 5.97 Å². The first kappa shape index (κ1) is 8.43. The second-order valence-electron chi connectivity index (χ2n) is 1.51. The van der Waals surface area contributed by atoms with E-state index in [0.29, 0.717) is 6.61 Å². The Morgan fingerprint density at radius 1 is 1.78 bits per heavy atom. The highest BCUT2D eigenvalue weighted by atomic mass is 16.7. The Morgan fingerprint density at radius 3 is 2.67 bits per heavy atom. The summed E-state index contributed by atoms with van der Waals surface area (Å²) in [6, 6.07) is 0. The Balaban J connectivity index is 3.26. The maximum atomic E-state index is 10.1. The molecule has 0 aromatic heterocycles. The van der Waals surface area contributed by atoms with Crippen LogP contribution in [0.3, 0.4) is 0 Å². The third-order valence-corrected chi connectivity index (χ3v) is 0.699. The van der Waals surface area contributed by atoms with Crippen molar-refractivity contribution in [2.24, 2.45) is 0 Å². The van der Waals surface area contributed by atoms with Crippen LogP contribution in [0.4, 0.5) is 0 Å². The van der Waals surface area contributed by atoms with Gasteiger partial charge in [-0.3, -0.25) is 4.79 Å². The lowest BCUT2D eigenvalue weighted by molar-refractivity contribution is -0.168. The normalized spacial score (nSPS) is 12.8. The van der Waals surface area contributed by atoms with Crippen molar-refractivity contribution in [3.8, 4) is 0 Å². The molecular formula is C6H11O3. The van der Waals surface area contributed by atoms with Crippen LogP contribution >= 0.6 is 0 Å². The van der Waals surface area contributed by atoms with E-state index in [2.05, 4.69) is 11.7 Å². The molecule has 0 aliphatic heterocycles. The highest BCUT2D eigenvalue weighted by Gasteiger charge is 2.01. The predicted molar refractivity (Wildman–Crippen MR) is 32.5 cm³/mol. The van der Waals surface area contributed by atoms with E-state index in [1.807, 2.05) is 6.92 Å². The zero-order chi connectivity index (χ0) is 7.28. The molecule has 0 aromatic carbocycles. The first-order valence-corrected chi connectivity index (χ1v) is 2.81. The van der Waals surface area contributed by atoms with Crippen LogP contribution in [0, 0.1) is 6.92 Å². The molecule has 0 spiro atoms. The van der Waals surface area contributed by atoms with Gasteiger partial charge in [-0.05, 0) is 13.8 Å². The summed E-state index contributed by atoms with van der Waals surface area (Å²) in [7, 11) is 0. The van der Waals surface area contributed by atoms with Crippen molar-refractivity contribution in [3.63, 3.8) is 0 Å². The summed E-state index contributed by atoms with van der Waals surface area (Å²) in [6.45, 7) is 7.03. The minimum Gasteiger partial charge on any atom is -0.436 e. The Morgan fingerprint density at radius 2 is 2.33 bits per heavy atom. The molecule has 9 heavy (non-hydrogen) atoms. The van der Waals surface area contributed by atoms with Crippen LogP contribution in [0.5, 0.6) is 0 Å². The molecule has 0 saturated carbocycles. The summed E-state index contributed by atoms with van der Waals surface area (Å²) in [6.07, 6.45) is -0.472. The van der Waals surface area contributed by atoms with Crippen molar-refractivity contribution < 1.29 is 14.3 Å². The standard InChI is InChI=1S/C6H11O3/c1-4-8-6(3)9-5(2)7/h6H,2,4H2,1,3H3. The lowest BCUT2D eigenvalue weighted by Crippen LogP contribution is -2.15. The molecule has 0 bridgehead atoms. The molecule has 0 rings (SSSR count). The summed E-state index contributed by atoms with van der Waals surface area (Å²) in [5.74, 6) is -0.559. The van der Waals surface area contributed by atoms with Crippen LogP contribution < -0.4 is 0 Å². The fraction of sp³-hybridized carbons (Fsp3) is 0.667. The van der Waals surface area contributed by atoms with Gasteiger partial charge < -0.3 is 9.47 Å². The van der Waals surface area contributed by atoms with Crippen molar-refractivity contribution in [1.29, 1.82) is 0 Å². The predicted octanol–water partition coefficient (Wildman–Crippen LogP) is 0.746. The number of rotatable bonds is 3. The highest BCUT2D eigenvalue weighted by molar-refractivity contribution is 5.73. The van der Waals surface area contributed by atoms with Crippen LogP contribution in [0.2, 0.25) is 0 Å². The molecule has 0 N–H and O–H groups in total. The Hall–Kier alpha value is -0.570. The largest absolute Gasteiger partial charge is 0.436 e. The number of carbonyl (C=O) groups excluding carboxylic acids is 1. The van der Waals surface area contributed by atoms with Gasteiger partial charge in [-0.1, -0.05) is 0 Å². The fourth-order valence-corrected chi connectivity index (χ4v) is 0.454. The molecule has 0 amide bonds. The highest BCUT2D eigenvalue weighted by Crippen LogP contribution is 1.91. The molecule has 0 aliphatic carbocycles. The number of esters is 1. The Bertz CT molecular complexity index is 90.3. The maximum Gasteiger partial charge on any atom is 0.308 e. The minimum absolute atomic E-state index is 0.472. The molecule has 1 unspecified atom stereocenters. The van der Waals surface area contributed by atoms with E-state index < -0.39 is 12.3 Å². The molecular weight excluding hydrogens is 120 g/mol. The van der Waals surface area contributed by atoms with Gasteiger partial charge in [0, 0.05) is 6.61 Å². The molecule has 0 heterocycles. The summed E-state index contributed by atoms with van der Waals surface area (Å²) < 4.78 is 9.39. The molecule has 1 radical (unpaired) electrons. The third kappa shape index (κ3) is 5.30. The van der Waals surface area contributed by atoms with Gasteiger partial charge in [0.25, 0.3) is 0 Å². The topological polar surface area (TPSA) is 35.5 Å². The van der Waals surface area contributed by atoms with Gasteiger partial charge in [0.15, 0.2) is 6.29 Å². The van der Waals surface area contributed by atoms with Gasteiger partial charge in [-0.2, -0.15) is 0 Å². The Labute approximate surface area is 55.0 Å². The fourth-order valence-electron chi connectivity index (χ4n) is 0.454. The zero-order valence-electron chi connectivity index (χ0n) is 5.72. The van der Waals surface area contributed by atoms with E-state index in [1.54, 1.807) is 6.92 Å². The van der Waals surface area contributed by atoms with Crippen molar-refractivity contribution in [2.75, 3.05) is 6.61 Å². The van der Waals surface area contributed by atoms with E-state index in [4.69, 9.17) is 4.74 Å². The molecule has 53 valence electrons. The van der Waals surface area contributed by atoms with Crippen molar-refractivity contribution in [1.82, 2.24) is 0 Å². The summed E-state index contributed by atoms with van der Waals surface area (Å²) in [5, 5.41) is 0.